The van der Waals surface area contributed by atoms with Crippen LogP contribution in [-0.2, 0) is 12.8 Å². The summed E-state index contributed by atoms with van der Waals surface area (Å²) in [5, 5.41) is 3.38. The van der Waals surface area contributed by atoms with Crippen LogP contribution in [0.1, 0.15) is 57.3 Å². The van der Waals surface area contributed by atoms with Gasteiger partial charge in [0.15, 0.2) is 11.5 Å². The van der Waals surface area contributed by atoms with Crippen LogP contribution < -0.4 is 25.3 Å². The summed E-state index contributed by atoms with van der Waals surface area (Å²) in [6, 6.07) is 3.15. The first-order chi connectivity index (χ1) is 14.4. The molecule has 1 aliphatic rings. The SMILES string of the molecule is CCC[C@@H]1CCc2c(sc(NC(=O)c3cc(OC)c(OC)c(OC)c3)c2C(N)=O)C1. The van der Waals surface area contributed by atoms with E-state index >= 15 is 0 Å². The second kappa shape index (κ2) is 9.38. The molecule has 1 aromatic heterocycles. The standard InChI is InChI=1S/C22H28N2O5S/c1-5-6-12-7-8-14-17(9-12)30-22(18(14)20(23)25)24-21(26)13-10-15(27-2)19(29-4)16(11-13)28-3/h10-12H,5-9H2,1-4H3,(H2,23,25)(H,24,26)/t12-/m1/s1. The number of hydrogen-bond acceptors (Lipinski definition) is 6. The second-order valence-corrected chi connectivity index (χ2v) is 8.44. The van der Waals surface area contributed by atoms with Crippen LogP contribution in [0.2, 0.25) is 0 Å². The number of rotatable bonds is 8. The Morgan fingerprint density at radius 2 is 1.83 bits per heavy atom. The van der Waals surface area contributed by atoms with Crippen molar-refractivity contribution in [3.8, 4) is 17.2 Å². The molecule has 1 heterocycles. The van der Waals surface area contributed by atoms with E-state index in [9.17, 15) is 9.59 Å². The maximum Gasteiger partial charge on any atom is 0.256 e. The van der Waals surface area contributed by atoms with E-state index in [2.05, 4.69) is 12.2 Å². The van der Waals surface area contributed by atoms with Crippen LogP contribution in [0.4, 0.5) is 5.00 Å². The summed E-state index contributed by atoms with van der Waals surface area (Å²) in [5.41, 5.74) is 7.43. The van der Waals surface area contributed by atoms with Crippen LogP contribution in [0.3, 0.4) is 0 Å². The molecular weight excluding hydrogens is 404 g/mol. The first-order valence-electron chi connectivity index (χ1n) is 9.99. The molecule has 7 nitrogen and oxygen atoms in total. The molecule has 30 heavy (non-hydrogen) atoms. The second-order valence-electron chi connectivity index (χ2n) is 7.34. The van der Waals surface area contributed by atoms with Gasteiger partial charge in [-0.25, -0.2) is 0 Å². The number of carbonyl (C=O) groups is 2. The minimum Gasteiger partial charge on any atom is -0.493 e. The molecule has 162 valence electrons. The quantitative estimate of drug-likeness (QED) is 0.656. The number of benzene rings is 1. The summed E-state index contributed by atoms with van der Waals surface area (Å²) < 4.78 is 16.0. The number of nitrogens with two attached hydrogens (primary N) is 1. The van der Waals surface area contributed by atoms with E-state index in [1.54, 1.807) is 12.1 Å². The first-order valence-corrected chi connectivity index (χ1v) is 10.8. The Hall–Kier alpha value is -2.74. The van der Waals surface area contributed by atoms with Crippen molar-refractivity contribution in [2.45, 2.75) is 39.0 Å². The highest BCUT2D eigenvalue weighted by Crippen LogP contribution is 2.42. The lowest BCUT2D eigenvalue weighted by atomic mass is 9.84. The molecule has 0 saturated carbocycles. The predicted molar refractivity (Wildman–Crippen MR) is 117 cm³/mol. The zero-order valence-electron chi connectivity index (χ0n) is 17.8. The molecule has 3 rings (SSSR count). The number of methoxy groups -OCH3 is 3. The topological polar surface area (TPSA) is 99.9 Å². The fourth-order valence-corrected chi connectivity index (χ4v) is 5.41. The average molecular weight is 433 g/mol. The number of hydrogen-bond donors (Lipinski definition) is 2. The van der Waals surface area contributed by atoms with Crippen molar-refractivity contribution in [2.75, 3.05) is 26.6 Å². The zero-order valence-corrected chi connectivity index (χ0v) is 18.6. The molecule has 0 saturated heterocycles. The first kappa shape index (κ1) is 22.0. The number of ether oxygens (including phenoxy) is 3. The molecule has 1 aromatic carbocycles. The smallest absolute Gasteiger partial charge is 0.256 e. The highest BCUT2D eigenvalue weighted by atomic mass is 32.1. The van der Waals surface area contributed by atoms with Crippen LogP contribution in [-0.4, -0.2) is 33.1 Å². The van der Waals surface area contributed by atoms with Crippen molar-refractivity contribution >= 4 is 28.2 Å². The third kappa shape index (κ3) is 4.23. The van der Waals surface area contributed by atoms with E-state index in [1.165, 1.54) is 32.7 Å². The monoisotopic (exact) mass is 432 g/mol. The predicted octanol–water partition coefficient (Wildman–Crippen LogP) is 4.03. The Kier molecular flexibility index (Phi) is 6.87. The number of anilines is 1. The molecule has 1 atom stereocenters. The van der Waals surface area contributed by atoms with E-state index in [0.29, 0.717) is 39.3 Å². The Labute approximate surface area is 180 Å². The lowest BCUT2D eigenvalue weighted by molar-refractivity contribution is 0.1000. The van der Waals surface area contributed by atoms with Gasteiger partial charge >= 0.3 is 0 Å². The molecule has 0 aliphatic heterocycles. The summed E-state index contributed by atoms with van der Waals surface area (Å²) in [7, 11) is 4.48. The molecule has 1 aliphatic carbocycles. The Morgan fingerprint density at radius 1 is 1.17 bits per heavy atom. The van der Waals surface area contributed by atoms with Gasteiger partial charge in [0, 0.05) is 10.4 Å². The van der Waals surface area contributed by atoms with Gasteiger partial charge in [0.25, 0.3) is 11.8 Å². The lowest BCUT2D eigenvalue weighted by Gasteiger charge is -2.21. The summed E-state index contributed by atoms with van der Waals surface area (Å²) in [6.07, 6.45) is 5.08. The van der Waals surface area contributed by atoms with Crippen molar-refractivity contribution in [1.29, 1.82) is 0 Å². The Balaban J connectivity index is 1.93. The number of primary amides is 1. The summed E-state index contributed by atoms with van der Waals surface area (Å²) in [5.74, 6) is 0.889. The van der Waals surface area contributed by atoms with Crippen LogP contribution >= 0.6 is 11.3 Å². The number of carbonyl (C=O) groups excluding carboxylic acids is 2. The maximum absolute atomic E-state index is 13.0. The minimum atomic E-state index is -0.512. The van der Waals surface area contributed by atoms with E-state index in [0.717, 1.165) is 42.5 Å². The average Bonchev–Trinajstić information content (AvgIpc) is 3.09. The Morgan fingerprint density at radius 3 is 2.37 bits per heavy atom. The van der Waals surface area contributed by atoms with Gasteiger partial charge in [0.05, 0.1) is 26.9 Å². The van der Waals surface area contributed by atoms with Gasteiger partial charge in [0.2, 0.25) is 5.75 Å². The van der Waals surface area contributed by atoms with Crippen molar-refractivity contribution in [1.82, 2.24) is 0 Å². The number of nitrogens with one attached hydrogen (secondary N) is 1. The minimum absolute atomic E-state index is 0.329. The van der Waals surface area contributed by atoms with E-state index < -0.39 is 5.91 Å². The van der Waals surface area contributed by atoms with Gasteiger partial charge in [-0.05, 0) is 42.9 Å². The number of amides is 2. The van der Waals surface area contributed by atoms with Gasteiger partial charge in [-0.3, -0.25) is 9.59 Å². The van der Waals surface area contributed by atoms with E-state index in [4.69, 9.17) is 19.9 Å². The van der Waals surface area contributed by atoms with Crippen molar-refractivity contribution in [2.24, 2.45) is 11.7 Å². The Bertz CT molecular complexity index is 928. The van der Waals surface area contributed by atoms with Gasteiger partial charge in [-0.2, -0.15) is 0 Å². The van der Waals surface area contributed by atoms with Crippen molar-refractivity contribution < 1.29 is 23.8 Å². The van der Waals surface area contributed by atoms with Crippen LogP contribution in [0.25, 0.3) is 0 Å². The summed E-state index contributed by atoms with van der Waals surface area (Å²) in [4.78, 5) is 26.3. The van der Waals surface area contributed by atoms with E-state index in [1.807, 2.05) is 0 Å². The zero-order chi connectivity index (χ0) is 21.8. The lowest BCUT2D eigenvalue weighted by Crippen LogP contribution is -2.20. The molecule has 0 bridgehead atoms. The molecule has 2 amide bonds. The number of thiophene rings is 1. The third-order valence-electron chi connectivity index (χ3n) is 5.46. The van der Waals surface area contributed by atoms with Gasteiger partial charge in [0.1, 0.15) is 5.00 Å². The van der Waals surface area contributed by atoms with E-state index in [-0.39, 0.29) is 5.91 Å². The highest BCUT2D eigenvalue weighted by molar-refractivity contribution is 7.17. The molecule has 0 radical (unpaired) electrons. The van der Waals surface area contributed by atoms with Gasteiger partial charge in [-0.15, -0.1) is 11.3 Å². The molecule has 0 fully saturated rings. The van der Waals surface area contributed by atoms with Crippen LogP contribution in [0, 0.1) is 5.92 Å². The summed E-state index contributed by atoms with van der Waals surface area (Å²) >= 11 is 1.45. The normalized spacial score (nSPS) is 15.3. The molecular formula is C22H28N2O5S. The van der Waals surface area contributed by atoms with Crippen molar-refractivity contribution in [3.05, 3.63) is 33.7 Å². The molecule has 0 spiro atoms. The van der Waals surface area contributed by atoms with Crippen LogP contribution in [0.5, 0.6) is 17.2 Å². The maximum atomic E-state index is 13.0. The fourth-order valence-electron chi connectivity index (χ4n) is 4.05. The highest BCUT2D eigenvalue weighted by Gasteiger charge is 2.29. The van der Waals surface area contributed by atoms with Gasteiger partial charge < -0.3 is 25.3 Å². The molecule has 3 N–H and O–H groups in total. The van der Waals surface area contributed by atoms with Crippen molar-refractivity contribution in [3.63, 3.8) is 0 Å². The number of fused-ring (bicyclic) bond motifs is 1. The fraction of sp³-hybridized carbons (Fsp3) is 0.455. The molecule has 0 unspecified atom stereocenters. The van der Waals surface area contributed by atoms with Gasteiger partial charge in [-0.1, -0.05) is 19.8 Å². The largest absolute Gasteiger partial charge is 0.493 e. The molecule has 2 aromatic rings. The summed E-state index contributed by atoms with van der Waals surface area (Å²) in [6.45, 7) is 2.18. The molecule has 8 heteroatoms. The van der Waals surface area contributed by atoms with Crippen LogP contribution in [0.15, 0.2) is 12.1 Å². The third-order valence-corrected chi connectivity index (χ3v) is 6.63.